The minimum atomic E-state index is -1.98. The van der Waals surface area contributed by atoms with Crippen molar-refractivity contribution in [3.05, 3.63) is 64.1 Å². The predicted molar refractivity (Wildman–Crippen MR) is 129 cm³/mol. The third-order valence-corrected chi connectivity index (χ3v) is 7.77. The van der Waals surface area contributed by atoms with Crippen molar-refractivity contribution in [3.63, 3.8) is 0 Å². The van der Waals surface area contributed by atoms with Crippen molar-refractivity contribution in [1.82, 2.24) is 0 Å². The summed E-state index contributed by atoms with van der Waals surface area (Å²) in [5, 5.41) is 39.8. The molecular formula is C26H24BrN5O2. The van der Waals surface area contributed by atoms with Gasteiger partial charge in [-0.1, -0.05) is 47.1 Å². The summed E-state index contributed by atoms with van der Waals surface area (Å²) in [6, 6.07) is 21.1. The highest BCUT2D eigenvalue weighted by Crippen LogP contribution is 2.69. The minimum Gasteiger partial charge on any atom is -0.443 e. The molecule has 0 radical (unpaired) electrons. The van der Waals surface area contributed by atoms with E-state index in [-0.39, 0.29) is 0 Å². The van der Waals surface area contributed by atoms with Crippen molar-refractivity contribution < 1.29 is 9.47 Å². The molecule has 2 aromatic rings. The van der Waals surface area contributed by atoms with Gasteiger partial charge in [-0.2, -0.15) is 15.8 Å². The molecule has 4 atom stereocenters. The molecule has 2 heterocycles. The summed E-state index contributed by atoms with van der Waals surface area (Å²) < 4.78 is 13.4. The number of nitrogens with zero attached hydrogens (tertiary/aromatic N) is 4. The monoisotopic (exact) mass is 517 g/mol. The van der Waals surface area contributed by atoms with Gasteiger partial charge in [-0.05, 0) is 43.7 Å². The molecule has 34 heavy (non-hydrogen) atoms. The first-order valence-corrected chi connectivity index (χ1v) is 11.9. The lowest BCUT2D eigenvalue weighted by molar-refractivity contribution is -0.288. The van der Waals surface area contributed by atoms with Crippen molar-refractivity contribution in [2.75, 3.05) is 18.0 Å². The van der Waals surface area contributed by atoms with Gasteiger partial charge >= 0.3 is 0 Å². The van der Waals surface area contributed by atoms with Crippen LogP contribution in [0.15, 0.2) is 53.0 Å². The summed E-state index contributed by atoms with van der Waals surface area (Å²) in [6.07, 6.45) is -1.12. The average molecular weight is 518 g/mol. The van der Waals surface area contributed by atoms with E-state index in [0.29, 0.717) is 11.1 Å². The molecule has 0 amide bonds. The number of anilines is 1. The average Bonchev–Trinajstić information content (AvgIpc) is 3.02. The molecule has 4 rings (SSSR count). The molecule has 2 fully saturated rings. The number of halogens is 1. The summed E-state index contributed by atoms with van der Waals surface area (Å²) in [6.45, 7) is 7.51. The van der Waals surface area contributed by atoms with Gasteiger partial charge in [-0.3, -0.25) is 5.41 Å². The largest absolute Gasteiger partial charge is 0.443 e. The van der Waals surface area contributed by atoms with Crippen molar-refractivity contribution in [2.45, 2.75) is 32.7 Å². The Morgan fingerprint density at radius 3 is 2.06 bits per heavy atom. The van der Waals surface area contributed by atoms with Crippen LogP contribution in [0.5, 0.6) is 0 Å². The van der Waals surface area contributed by atoms with Crippen molar-refractivity contribution in [2.24, 2.45) is 16.7 Å². The van der Waals surface area contributed by atoms with Crippen LogP contribution in [0.3, 0.4) is 0 Å². The van der Waals surface area contributed by atoms with Crippen LogP contribution in [0.25, 0.3) is 0 Å². The maximum Gasteiger partial charge on any atom is 0.244 e. The highest BCUT2D eigenvalue weighted by molar-refractivity contribution is 9.10. The van der Waals surface area contributed by atoms with Crippen LogP contribution in [0, 0.1) is 56.2 Å². The molecule has 8 heteroatoms. The lowest BCUT2D eigenvalue weighted by Crippen LogP contribution is -2.57. The molecule has 0 saturated carbocycles. The van der Waals surface area contributed by atoms with Gasteiger partial charge in [0.2, 0.25) is 17.1 Å². The standard InChI is InChI=1S/C26H24BrN5O2/c1-4-32(5-2)21-12-6-18(7-13-21)22-24(14-28,15-29)25(16-30)17(3)26(33-22,34-23(25)31)19-8-10-20(27)11-9-19/h6-13,17,22,31H,4-5H2,1-3H3. The van der Waals surface area contributed by atoms with E-state index in [1.807, 2.05) is 36.4 Å². The third-order valence-electron chi connectivity index (χ3n) is 7.24. The molecule has 4 unspecified atom stereocenters. The maximum atomic E-state index is 10.4. The molecule has 172 valence electrons. The molecular weight excluding hydrogens is 494 g/mol. The fourth-order valence-electron chi connectivity index (χ4n) is 5.30. The van der Waals surface area contributed by atoms with Crippen molar-refractivity contribution in [1.29, 1.82) is 21.2 Å². The van der Waals surface area contributed by atoms with E-state index >= 15 is 0 Å². The van der Waals surface area contributed by atoms with Gasteiger partial charge < -0.3 is 14.4 Å². The van der Waals surface area contributed by atoms with E-state index in [4.69, 9.17) is 14.9 Å². The summed E-state index contributed by atoms with van der Waals surface area (Å²) in [7, 11) is 0. The second kappa shape index (κ2) is 8.44. The van der Waals surface area contributed by atoms with Crippen LogP contribution in [0.4, 0.5) is 5.69 Å². The van der Waals surface area contributed by atoms with Gasteiger partial charge in [0.1, 0.15) is 6.10 Å². The number of nitriles is 3. The molecule has 2 bridgehead atoms. The summed E-state index contributed by atoms with van der Waals surface area (Å²) in [5.74, 6) is -2.70. The Kier molecular flexibility index (Phi) is 5.90. The normalized spacial score (nSPS) is 28.8. The van der Waals surface area contributed by atoms with Gasteiger partial charge in [0.15, 0.2) is 5.41 Å². The number of fused-ring (bicyclic) bond motifs is 2. The number of benzene rings is 2. The molecule has 1 N–H and O–H groups in total. The highest BCUT2D eigenvalue weighted by atomic mass is 79.9. The Labute approximate surface area is 207 Å². The van der Waals surface area contributed by atoms with Gasteiger partial charge in [0.05, 0.1) is 24.1 Å². The minimum absolute atomic E-state index is 0.421. The van der Waals surface area contributed by atoms with Crippen LogP contribution in [-0.4, -0.2) is 19.0 Å². The topological polar surface area (TPSA) is 117 Å². The SMILES string of the molecule is CCN(CC)c1ccc(C2OC3(c4ccc(Br)cc4)OC(=N)C(C#N)(C3C)C2(C#N)C#N)cc1. The maximum absolute atomic E-state index is 10.4. The van der Waals surface area contributed by atoms with Gasteiger partial charge in [-0.25, -0.2) is 0 Å². The molecule has 2 aromatic carbocycles. The first-order chi connectivity index (χ1) is 16.3. The van der Waals surface area contributed by atoms with Crippen LogP contribution >= 0.6 is 15.9 Å². The van der Waals surface area contributed by atoms with Gasteiger partial charge in [0, 0.05) is 28.8 Å². The summed E-state index contributed by atoms with van der Waals surface area (Å²) in [5.41, 5.74) is -1.61. The van der Waals surface area contributed by atoms with Gasteiger partial charge in [0.25, 0.3) is 0 Å². The van der Waals surface area contributed by atoms with Crippen LogP contribution < -0.4 is 4.90 Å². The number of rotatable bonds is 5. The molecule has 2 aliphatic heterocycles. The first kappa shape index (κ1) is 23.8. The van der Waals surface area contributed by atoms with E-state index in [1.54, 1.807) is 19.1 Å². The fraction of sp³-hybridized carbons (Fsp3) is 0.385. The van der Waals surface area contributed by atoms with Crippen LogP contribution in [-0.2, 0) is 15.3 Å². The summed E-state index contributed by atoms with van der Waals surface area (Å²) >= 11 is 3.42. The quantitative estimate of drug-likeness (QED) is 0.566. The second-order valence-electron chi connectivity index (χ2n) is 8.54. The van der Waals surface area contributed by atoms with Crippen LogP contribution in [0.1, 0.15) is 38.0 Å². The van der Waals surface area contributed by atoms with E-state index in [2.05, 4.69) is 52.9 Å². The Balaban J connectivity index is 1.94. The highest BCUT2D eigenvalue weighted by Gasteiger charge is 2.79. The Morgan fingerprint density at radius 1 is 0.971 bits per heavy atom. The second-order valence-corrected chi connectivity index (χ2v) is 9.46. The Morgan fingerprint density at radius 2 is 1.56 bits per heavy atom. The smallest absolute Gasteiger partial charge is 0.244 e. The van der Waals surface area contributed by atoms with E-state index in [9.17, 15) is 15.8 Å². The molecule has 0 aliphatic carbocycles. The zero-order chi connectivity index (χ0) is 24.7. The molecule has 0 aromatic heterocycles. The van der Waals surface area contributed by atoms with Crippen LogP contribution in [0.2, 0.25) is 0 Å². The first-order valence-electron chi connectivity index (χ1n) is 11.1. The van der Waals surface area contributed by atoms with Crippen molar-refractivity contribution in [3.8, 4) is 18.2 Å². The zero-order valence-electron chi connectivity index (χ0n) is 19.2. The zero-order valence-corrected chi connectivity index (χ0v) is 20.8. The fourth-order valence-corrected chi connectivity index (χ4v) is 5.56. The molecule has 2 aliphatic rings. The van der Waals surface area contributed by atoms with E-state index in [0.717, 1.165) is 23.2 Å². The number of ether oxygens (including phenoxy) is 2. The number of nitrogens with one attached hydrogen (secondary N) is 1. The van der Waals surface area contributed by atoms with Gasteiger partial charge in [-0.15, -0.1) is 0 Å². The van der Waals surface area contributed by atoms with Crippen molar-refractivity contribution >= 4 is 27.5 Å². The lowest BCUT2D eigenvalue weighted by atomic mass is 9.53. The van der Waals surface area contributed by atoms with E-state index in [1.165, 1.54) is 0 Å². The molecule has 0 spiro atoms. The lowest BCUT2D eigenvalue weighted by Gasteiger charge is -2.48. The number of hydrogen-bond acceptors (Lipinski definition) is 7. The predicted octanol–water partition coefficient (Wildman–Crippen LogP) is 5.41. The molecule has 2 saturated heterocycles. The summed E-state index contributed by atoms with van der Waals surface area (Å²) in [4.78, 5) is 2.18. The Hall–Kier alpha value is -3.38. The third kappa shape index (κ3) is 2.91. The Bertz CT molecular complexity index is 1220. The number of hydrogen-bond donors (Lipinski definition) is 1. The van der Waals surface area contributed by atoms with E-state index < -0.39 is 34.5 Å². The molecule has 7 nitrogen and oxygen atoms in total.